The molecule has 0 saturated heterocycles. The fourth-order valence-corrected chi connectivity index (χ4v) is 3.43. The molecule has 0 unspecified atom stereocenters. The topological polar surface area (TPSA) is 60.2 Å². The van der Waals surface area contributed by atoms with Crippen LogP contribution < -0.4 is 5.14 Å². The van der Waals surface area contributed by atoms with E-state index >= 15 is 0 Å². The zero-order valence-electron chi connectivity index (χ0n) is 13.1. The number of rotatable bonds is 6. The summed E-state index contributed by atoms with van der Waals surface area (Å²) < 4.78 is 35.4. The number of sulfonamides is 1. The second kappa shape index (κ2) is 7.92. The molecule has 0 spiro atoms. The minimum absolute atomic E-state index is 0.0774. The van der Waals surface area contributed by atoms with Gasteiger partial charge in [0, 0.05) is 5.03 Å². The third kappa shape index (κ3) is 4.44. The predicted molar refractivity (Wildman–Crippen MR) is 96.8 cm³/mol. The largest absolute Gasteiger partial charge is 0.245 e. The van der Waals surface area contributed by atoms with Crippen LogP contribution in [0.2, 0.25) is 0 Å². The van der Waals surface area contributed by atoms with Crippen molar-refractivity contribution in [1.82, 2.24) is 0 Å². The normalized spacial score (nSPS) is 16.6. The van der Waals surface area contributed by atoms with Crippen molar-refractivity contribution in [3.8, 4) is 0 Å². The summed E-state index contributed by atoms with van der Waals surface area (Å²) in [4.78, 5) is 0.0774. The molecule has 0 bridgehead atoms. The van der Waals surface area contributed by atoms with Gasteiger partial charge in [0.1, 0.15) is 6.67 Å². The minimum Gasteiger partial charge on any atom is -0.245 e. The van der Waals surface area contributed by atoms with Crippen LogP contribution in [0.15, 0.2) is 70.1 Å². The maximum atomic E-state index is 12.7. The Labute approximate surface area is 147 Å². The van der Waals surface area contributed by atoms with Crippen molar-refractivity contribution in [1.29, 1.82) is 0 Å². The Hall–Kier alpha value is -1.69. The molecule has 0 aliphatic heterocycles. The maximum absolute atomic E-state index is 12.7. The molecular formula is C18H19ClFNO2S. The fourth-order valence-electron chi connectivity index (χ4n) is 2.80. The number of hydrogen-bond acceptors (Lipinski definition) is 2. The summed E-state index contributed by atoms with van der Waals surface area (Å²) in [6.07, 6.45) is 7.73. The highest BCUT2D eigenvalue weighted by Crippen LogP contribution is 2.38. The van der Waals surface area contributed by atoms with Crippen molar-refractivity contribution in [2.45, 2.75) is 24.2 Å². The summed E-state index contributed by atoms with van der Waals surface area (Å²) in [5.41, 5.74) is 3.93. The molecule has 0 fully saturated rings. The number of benzene rings is 1. The lowest BCUT2D eigenvalue weighted by Crippen LogP contribution is -2.11. The average Bonchev–Trinajstić information content (AvgIpc) is 3.03. The first-order chi connectivity index (χ1) is 11.4. The van der Waals surface area contributed by atoms with Gasteiger partial charge in [0.2, 0.25) is 10.0 Å². The van der Waals surface area contributed by atoms with Crippen molar-refractivity contribution >= 4 is 27.2 Å². The van der Waals surface area contributed by atoms with E-state index in [2.05, 4.69) is 6.58 Å². The third-order valence-electron chi connectivity index (χ3n) is 3.83. The molecular weight excluding hydrogens is 349 g/mol. The second-order valence-corrected chi connectivity index (χ2v) is 7.51. The van der Waals surface area contributed by atoms with Gasteiger partial charge in [0.25, 0.3) is 0 Å². The van der Waals surface area contributed by atoms with E-state index in [1.807, 2.05) is 0 Å². The lowest BCUT2D eigenvalue weighted by molar-refractivity contribution is 0.555. The van der Waals surface area contributed by atoms with Gasteiger partial charge in [-0.3, -0.25) is 0 Å². The molecule has 0 aromatic heterocycles. The Bertz CT molecular complexity index is 821. The highest BCUT2D eigenvalue weighted by atomic mass is 35.5. The van der Waals surface area contributed by atoms with E-state index in [-0.39, 0.29) is 9.93 Å². The molecule has 0 radical (unpaired) electrons. The van der Waals surface area contributed by atoms with Crippen LogP contribution in [0.25, 0.3) is 5.57 Å². The van der Waals surface area contributed by atoms with Crippen molar-refractivity contribution < 1.29 is 12.8 Å². The van der Waals surface area contributed by atoms with E-state index in [9.17, 15) is 12.8 Å². The highest BCUT2D eigenvalue weighted by molar-refractivity contribution is 7.89. The molecule has 128 valence electrons. The van der Waals surface area contributed by atoms with Gasteiger partial charge in [-0.15, -0.1) is 0 Å². The quantitative estimate of drug-likeness (QED) is 0.754. The van der Waals surface area contributed by atoms with Crippen LogP contribution in [-0.4, -0.2) is 15.1 Å². The van der Waals surface area contributed by atoms with Gasteiger partial charge in [0.05, 0.1) is 4.90 Å². The van der Waals surface area contributed by atoms with Crippen LogP contribution >= 0.6 is 11.6 Å². The first-order valence-electron chi connectivity index (χ1n) is 7.47. The number of nitrogens with two attached hydrogens (primary N) is 1. The minimum atomic E-state index is -3.71. The van der Waals surface area contributed by atoms with E-state index in [4.69, 9.17) is 16.7 Å². The maximum Gasteiger partial charge on any atom is 0.238 e. The summed E-state index contributed by atoms with van der Waals surface area (Å²) in [5.74, 6) is 0. The molecule has 0 saturated carbocycles. The average molecular weight is 368 g/mol. The van der Waals surface area contributed by atoms with Crippen LogP contribution in [0.3, 0.4) is 0 Å². The van der Waals surface area contributed by atoms with Crippen LogP contribution in [0.5, 0.6) is 0 Å². The summed E-state index contributed by atoms with van der Waals surface area (Å²) in [6, 6.07) is 6.47. The Morgan fingerprint density at radius 2 is 1.96 bits per heavy atom. The van der Waals surface area contributed by atoms with Crippen LogP contribution in [-0.2, 0) is 10.0 Å². The van der Waals surface area contributed by atoms with E-state index < -0.39 is 16.7 Å². The highest BCUT2D eigenvalue weighted by Gasteiger charge is 2.19. The lowest BCUT2D eigenvalue weighted by Gasteiger charge is -2.10. The number of hydrogen-bond donors (Lipinski definition) is 1. The zero-order chi connectivity index (χ0) is 17.7. The van der Waals surface area contributed by atoms with Gasteiger partial charge in [-0.25, -0.2) is 17.9 Å². The van der Waals surface area contributed by atoms with Crippen LogP contribution in [0, 0.1) is 0 Å². The van der Waals surface area contributed by atoms with Crippen molar-refractivity contribution in [2.75, 3.05) is 6.67 Å². The molecule has 3 nitrogen and oxygen atoms in total. The predicted octanol–water partition coefficient (Wildman–Crippen LogP) is 4.48. The zero-order valence-corrected chi connectivity index (χ0v) is 14.7. The molecule has 1 aromatic rings. The van der Waals surface area contributed by atoms with Gasteiger partial charge >= 0.3 is 0 Å². The Kier molecular flexibility index (Phi) is 6.15. The smallest absolute Gasteiger partial charge is 0.238 e. The van der Waals surface area contributed by atoms with E-state index in [0.29, 0.717) is 0 Å². The van der Waals surface area contributed by atoms with Gasteiger partial charge in [-0.2, -0.15) is 0 Å². The van der Waals surface area contributed by atoms with Gasteiger partial charge in [-0.1, -0.05) is 42.5 Å². The first kappa shape index (κ1) is 18.6. The number of alkyl halides is 1. The third-order valence-corrected chi connectivity index (χ3v) is 4.97. The summed E-state index contributed by atoms with van der Waals surface area (Å²) in [6.45, 7) is 2.98. The molecule has 0 atom stereocenters. The first-order valence-corrected chi connectivity index (χ1v) is 9.39. The summed E-state index contributed by atoms with van der Waals surface area (Å²) in [7, 11) is -3.71. The standard InChI is InChI=1S/C18H19ClFNO2S/c1-2-4-14(11-15(19)12-20)18-6-3-5-17(18)13-7-9-16(10-8-13)24(21,22)23/h2,4,7-11H,1,3,5-6,12H2,(H2,21,22,23)/b14-4+,15-11+. The SMILES string of the molecule is C=C/C=C(\C=C(\Cl)CF)C1=C(c2ccc(S(N)(=O)=O)cc2)CCC1. The molecule has 1 aliphatic carbocycles. The fraction of sp³-hybridized carbons (Fsp3) is 0.222. The molecule has 6 heteroatoms. The van der Waals surface area contributed by atoms with Crippen molar-refractivity contribution in [3.63, 3.8) is 0 Å². The summed E-state index contributed by atoms with van der Waals surface area (Å²) >= 11 is 5.85. The number of halogens is 2. The van der Waals surface area contributed by atoms with E-state index in [1.54, 1.807) is 30.4 Å². The molecule has 24 heavy (non-hydrogen) atoms. The number of primary sulfonamides is 1. The molecule has 2 N–H and O–H groups in total. The summed E-state index contributed by atoms with van der Waals surface area (Å²) in [5, 5.41) is 5.26. The molecule has 2 rings (SSSR count). The van der Waals surface area contributed by atoms with Crippen LogP contribution in [0.1, 0.15) is 24.8 Å². The second-order valence-electron chi connectivity index (χ2n) is 5.46. The molecule has 1 aliphatic rings. The van der Waals surface area contributed by atoms with Gasteiger partial charge in [-0.05, 0) is 59.8 Å². The molecule has 0 amide bonds. The van der Waals surface area contributed by atoms with E-state index in [0.717, 1.165) is 41.5 Å². The Balaban J connectivity index is 2.48. The lowest BCUT2D eigenvalue weighted by atomic mass is 9.96. The number of allylic oxidation sites excluding steroid dienone is 7. The van der Waals surface area contributed by atoms with E-state index in [1.165, 1.54) is 12.1 Å². The Morgan fingerprint density at radius 3 is 2.50 bits per heavy atom. The van der Waals surface area contributed by atoms with Crippen LogP contribution in [0.4, 0.5) is 4.39 Å². The monoisotopic (exact) mass is 367 g/mol. The Morgan fingerprint density at radius 1 is 1.29 bits per heavy atom. The van der Waals surface area contributed by atoms with Gasteiger partial charge in [0.15, 0.2) is 0 Å². The van der Waals surface area contributed by atoms with Crippen molar-refractivity contribution in [3.05, 3.63) is 70.8 Å². The van der Waals surface area contributed by atoms with Gasteiger partial charge < -0.3 is 0 Å². The van der Waals surface area contributed by atoms with Crippen molar-refractivity contribution in [2.24, 2.45) is 5.14 Å². The molecule has 1 aromatic carbocycles. The molecule has 0 heterocycles.